The molecule has 0 radical (unpaired) electrons. The maximum atomic E-state index is 11.8. The Hall–Kier alpha value is -0.620. The first-order valence-electron chi connectivity index (χ1n) is 7.63. The van der Waals surface area contributed by atoms with Crippen LogP contribution in [0.3, 0.4) is 0 Å². The molecule has 0 fully saturated rings. The van der Waals surface area contributed by atoms with Crippen molar-refractivity contribution in [1.29, 1.82) is 0 Å². The fourth-order valence-electron chi connectivity index (χ4n) is 2.16. The smallest absolute Gasteiger partial charge is 0.303 e. The zero-order valence-electron chi connectivity index (χ0n) is 14.0. The highest BCUT2D eigenvalue weighted by Gasteiger charge is 2.25. The maximum absolute atomic E-state index is 11.8. The highest BCUT2D eigenvalue weighted by Crippen LogP contribution is 2.32. The van der Waals surface area contributed by atoms with Crippen LogP contribution in [0.2, 0.25) is 0 Å². The summed E-state index contributed by atoms with van der Waals surface area (Å²) >= 11 is 0. The second-order valence-electron chi connectivity index (χ2n) is 7.18. The van der Waals surface area contributed by atoms with Gasteiger partial charge in [-0.05, 0) is 36.5 Å². The number of carbonyl (C=O) groups is 1. The number of aliphatic carboxylic acids is 1. The van der Waals surface area contributed by atoms with E-state index in [0.29, 0.717) is 31.7 Å². The average Bonchev–Trinajstić information content (AvgIpc) is 2.29. The number of carboxylic acid groups (broad SMARTS) is 1. The third kappa shape index (κ3) is 10.7. The Balaban J connectivity index is 4.33. The van der Waals surface area contributed by atoms with Crippen LogP contribution >= 0.6 is 0 Å². The van der Waals surface area contributed by atoms with Gasteiger partial charge in [0.15, 0.2) is 0 Å². The molecule has 0 rings (SSSR count). The van der Waals surface area contributed by atoms with Gasteiger partial charge in [-0.3, -0.25) is 4.79 Å². The molecule has 0 aliphatic heterocycles. The van der Waals surface area contributed by atoms with Gasteiger partial charge in [-0.1, -0.05) is 34.6 Å². The van der Waals surface area contributed by atoms with Crippen LogP contribution in [0.5, 0.6) is 0 Å². The second kappa shape index (κ2) is 8.73. The zero-order valence-corrected chi connectivity index (χ0v) is 14.8. The van der Waals surface area contributed by atoms with Crippen LogP contribution in [0, 0.1) is 17.3 Å². The van der Waals surface area contributed by atoms with Crippen molar-refractivity contribution >= 4 is 16.0 Å². The summed E-state index contributed by atoms with van der Waals surface area (Å²) in [7, 11) is -3.22. The van der Waals surface area contributed by atoms with Crippen LogP contribution in [-0.4, -0.2) is 31.8 Å². The molecule has 0 aromatic carbocycles. The van der Waals surface area contributed by atoms with Gasteiger partial charge >= 0.3 is 5.97 Å². The minimum Gasteiger partial charge on any atom is -0.481 e. The standard InChI is InChI=1S/C15H31NO4S/c1-12(2)9-11-21(19,20)16-10-8-13(15(3,4)5)6-7-14(17)18/h12-13,16H,6-11H2,1-5H3,(H,17,18). The lowest BCUT2D eigenvalue weighted by atomic mass is 9.76. The molecule has 0 aliphatic rings. The average molecular weight is 321 g/mol. The lowest BCUT2D eigenvalue weighted by molar-refractivity contribution is -0.137. The monoisotopic (exact) mass is 321 g/mol. The summed E-state index contributed by atoms with van der Waals surface area (Å²) in [5, 5.41) is 8.79. The summed E-state index contributed by atoms with van der Waals surface area (Å²) in [6.07, 6.45) is 2.02. The van der Waals surface area contributed by atoms with Gasteiger partial charge in [-0.25, -0.2) is 13.1 Å². The molecule has 0 saturated heterocycles. The Labute approximate surface area is 129 Å². The topological polar surface area (TPSA) is 83.5 Å². The predicted molar refractivity (Wildman–Crippen MR) is 85.7 cm³/mol. The fraction of sp³-hybridized carbons (Fsp3) is 0.933. The molecule has 0 heterocycles. The quantitative estimate of drug-likeness (QED) is 0.648. The molecule has 5 nitrogen and oxygen atoms in total. The van der Waals surface area contributed by atoms with Gasteiger partial charge in [-0.15, -0.1) is 0 Å². The molecule has 6 heteroatoms. The van der Waals surface area contributed by atoms with E-state index in [1.807, 2.05) is 13.8 Å². The molecular weight excluding hydrogens is 290 g/mol. The van der Waals surface area contributed by atoms with E-state index in [-0.39, 0.29) is 23.5 Å². The molecule has 0 aromatic heterocycles. The van der Waals surface area contributed by atoms with E-state index in [9.17, 15) is 13.2 Å². The minimum atomic E-state index is -3.22. The molecule has 0 aromatic rings. The van der Waals surface area contributed by atoms with Crippen LogP contribution in [0.1, 0.15) is 60.3 Å². The fourth-order valence-corrected chi connectivity index (χ4v) is 3.51. The highest BCUT2D eigenvalue weighted by atomic mass is 32.2. The first-order chi connectivity index (χ1) is 9.44. The Morgan fingerprint density at radius 2 is 1.71 bits per heavy atom. The highest BCUT2D eigenvalue weighted by molar-refractivity contribution is 7.89. The van der Waals surface area contributed by atoms with E-state index in [1.54, 1.807) is 0 Å². The molecule has 0 amide bonds. The molecule has 1 unspecified atom stereocenters. The minimum absolute atomic E-state index is 0.0289. The van der Waals surface area contributed by atoms with Crippen molar-refractivity contribution in [2.24, 2.45) is 17.3 Å². The van der Waals surface area contributed by atoms with E-state index in [1.165, 1.54) is 0 Å². The number of nitrogens with one attached hydrogen (secondary N) is 1. The van der Waals surface area contributed by atoms with Crippen molar-refractivity contribution in [2.75, 3.05) is 12.3 Å². The van der Waals surface area contributed by atoms with Crippen LogP contribution < -0.4 is 4.72 Å². The lowest BCUT2D eigenvalue weighted by Crippen LogP contribution is -2.31. The van der Waals surface area contributed by atoms with Crippen LogP contribution in [0.25, 0.3) is 0 Å². The van der Waals surface area contributed by atoms with Crippen molar-refractivity contribution in [2.45, 2.75) is 60.3 Å². The van der Waals surface area contributed by atoms with E-state index in [2.05, 4.69) is 25.5 Å². The van der Waals surface area contributed by atoms with Crippen molar-refractivity contribution in [3.8, 4) is 0 Å². The van der Waals surface area contributed by atoms with Crippen molar-refractivity contribution in [3.63, 3.8) is 0 Å². The number of hydrogen-bond donors (Lipinski definition) is 2. The zero-order chi connectivity index (χ0) is 16.7. The lowest BCUT2D eigenvalue weighted by Gasteiger charge is -2.30. The van der Waals surface area contributed by atoms with E-state index >= 15 is 0 Å². The summed E-state index contributed by atoms with van der Waals surface area (Å²) in [4.78, 5) is 10.7. The van der Waals surface area contributed by atoms with Gasteiger partial charge in [0.2, 0.25) is 10.0 Å². The first kappa shape index (κ1) is 20.4. The van der Waals surface area contributed by atoms with E-state index in [4.69, 9.17) is 5.11 Å². The Bertz CT molecular complexity index is 410. The van der Waals surface area contributed by atoms with Gasteiger partial charge in [0, 0.05) is 13.0 Å². The Morgan fingerprint density at radius 3 is 2.14 bits per heavy atom. The molecule has 21 heavy (non-hydrogen) atoms. The molecule has 126 valence electrons. The molecule has 0 bridgehead atoms. The molecule has 0 spiro atoms. The van der Waals surface area contributed by atoms with E-state index in [0.717, 1.165) is 0 Å². The SMILES string of the molecule is CC(C)CCS(=O)(=O)NCCC(CCC(=O)O)C(C)(C)C. The summed E-state index contributed by atoms with van der Waals surface area (Å²) in [5.41, 5.74) is -0.0289. The van der Waals surface area contributed by atoms with Crippen LogP contribution in [0.4, 0.5) is 0 Å². The largest absolute Gasteiger partial charge is 0.481 e. The van der Waals surface area contributed by atoms with E-state index < -0.39 is 16.0 Å². The summed E-state index contributed by atoms with van der Waals surface area (Å²) < 4.78 is 26.3. The van der Waals surface area contributed by atoms with Crippen molar-refractivity contribution in [1.82, 2.24) is 4.72 Å². The normalized spacial score (nSPS) is 14.4. The third-order valence-electron chi connectivity index (χ3n) is 3.71. The third-order valence-corrected chi connectivity index (χ3v) is 5.13. The molecule has 0 saturated carbocycles. The first-order valence-corrected chi connectivity index (χ1v) is 9.28. The number of rotatable bonds is 10. The van der Waals surface area contributed by atoms with Gasteiger partial charge < -0.3 is 5.11 Å². The molecule has 2 N–H and O–H groups in total. The van der Waals surface area contributed by atoms with Crippen LogP contribution in [0.15, 0.2) is 0 Å². The van der Waals surface area contributed by atoms with Gasteiger partial charge in [0.05, 0.1) is 5.75 Å². The number of hydrogen-bond acceptors (Lipinski definition) is 3. The van der Waals surface area contributed by atoms with Crippen molar-refractivity contribution < 1.29 is 18.3 Å². The van der Waals surface area contributed by atoms with Gasteiger partial charge in [0.25, 0.3) is 0 Å². The second-order valence-corrected chi connectivity index (χ2v) is 9.11. The number of sulfonamides is 1. The Kier molecular flexibility index (Phi) is 8.48. The van der Waals surface area contributed by atoms with Crippen molar-refractivity contribution in [3.05, 3.63) is 0 Å². The van der Waals surface area contributed by atoms with Gasteiger partial charge in [0.1, 0.15) is 0 Å². The van der Waals surface area contributed by atoms with Crippen LogP contribution in [-0.2, 0) is 14.8 Å². The Morgan fingerprint density at radius 1 is 1.14 bits per heavy atom. The number of carboxylic acids is 1. The van der Waals surface area contributed by atoms with Gasteiger partial charge in [-0.2, -0.15) is 0 Å². The molecule has 0 aliphatic carbocycles. The molecular formula is C15H31NO4S. The molecule has 1 atom stereocenters. The summed E-state index contributed by atoms with van der Waals surface area (Å²) in [6, 6.07) is 0. The maximum Gasteiger partial charge on any atom is 0.303 e. The summed E-state index contributed by atoms with van der Waals surface area (Å²) in [5.74, 6) is -0.109. The predicted octanol–water partition coefficient (Wildman–Crippen LogP) is 2.87. The summed E-state index contributed by atoms with van der Waals surface area (Å²) in [6.45, 7) is 10.6.